The van der Waals surface area contributed by atoms with Crippen LogP contribution in [0.5, 0.6) is 0 Å². The highest BCUT2D eigenvalue weighted by Crippen LogP contribution is 2.06. The van der Waals surface area contributed by atoms with Crippen LogP contribution in [0.1, 0.15) is 25.3 Å². The molecular formula is C18H31FIN3O2. The summed E-state index contributed by atoms with van der Waals surface area (Å²) in [5, 5.41) is 3.23. The molecule has 1 rings (SSSR count). The maximum absolute atomic E-state index is 13.2. The van der Waals surface area contributed by atoms with Crippen molar-refractivity contribution in [2.24, 2.45) is 4.99 Å². The topological polar surface area (TPSA) is 46.1 Å². The molecule has 0 heterocycles. The predicted octanol–water partition coefficient (Wildman–Crippen LogP) is 3.28. The second-order valence-electron chi connectivity index (χ2n) is 5.54. The third kappa shape index (κ3) is 11.3. The number of guanidine groups is 1. The van der Waals surface area contributed by atoms with E-state index in [4.69, 9.17) is 9.47 Å². The number of ether oxygens (including phenoxy) is 2. The molecule has 0 amide bonds. The summed E-state index contributed by atoms with van der Waals surface area (Å²) in [6.07, 6.45) is 2.24. The SMILES string of the molecule is CCCCOCCOCCNC(=NC)N(C)Cc1cccc(F)c1.I. The van der Waals surface area contributed by atoms with Crippen molar-refractivity contribution in [2.45, 2.75) is 26.3 Å². The predicted molar refractivity (Wildman–Crippen MR) is 111 cm³/mol. The average Bonchev–Trinajstić information content (AvgIpc) is 2.56. The minimum atomic E-state index is -0.224. The van der Waals surface area contributed by atoms with Crippen molar-refractivity contribution in [3.63, 3.8) is 0 Å². The van der Waals surface area contributed by atoms with Crippen LogP contribution >= 0.6 is 24.0 Å². The normalized spacial score (nSPS) is 11.1. The van der Waals surface area contributed by atoms with Gasteiger partial charge in [-0.3, -0.25) is 4.99 Å². The van der Waals surface area contributed by atoms with Crippen LogP contribution < -0.4 is 5.32 Å². The quantitative estimate of drug-likeness (QED) is 0.235. The van der Waals surface area contributed by atoms with Gasteiger partial charge in [0.2, 0.25) is 0 Å². The summed E-state index contributed by atoms with van der Waals surface area (Å²) in [7, 11) is 3.65. The van der Waals surface area contributed by atoms with E-state index in [2.05, 4.69) is 17.2 Å². The van der Waals surface area contributed by atoms with Gasteiger partial charge in [0.1, 0.15) is 5.82 Å². The highest BCUT2D eigenvalue weighted by atomic mass is 127. The van der Waals surface area contributed by atoms with Crippen molar-refractivity contribution in [3.05, 3.63) is 35.6 Å². The molecule has 0 radical (unpaired) electrons. The molecule has 0 aromatic heterocycles. The molecule has 0 fully saturated rings. The highest BCUT2D eigenvalue weighted by Gasteiger charge is 2.06. The molecule has 1 aromatic carbocycles. The van der Waals surface area contributed by atoms with Gasteiger partial charge in [-0.1, -0.05) is 25.5 Å². The zero-order valence-electron chi connectivity index (χ0n) is 15.5. The first-order valence-corrected chi connectivity index (χ1v) is 8.49. The van der Waals surface area contributed by atoms with Crippen LogP contribution in [0.15, 0.2) is 29.3 Å². The van der Waals surface area contributed by atoms with E-state index in [-0.39, 0.29) is 29.8 Å². The molecular weight excluding hydrogens is 436 g/mol. The van der Waals surface area contributed by atoms with Gasteiger partial charge in [-0.05, 0) is 24.1 Å². The summed E-state index contributed by atoms with van der Waals surface area (Å²) in [6.45, 7) is 6.01. The van der Waals surface area contributed by atoms with Crippen molar-refractivity contribution < 1.29 is 13.9 Å². The minimum Gasteiger partial charge on any atom is -0.379 e. The monoisotopic (exact) mass is 467 g/mol. The van der Waals surface area contributed by atoms with Crippen molar-refractivity contribution >= 4 is 29.9 Å². The molecule has 25 heavy (non-hydrogen) atoms. The summed E-state index contributed by atoms with van der Waals surface area (Å²) < 4.78 is 24.2. The van der Waals surface area contributed by atoms with Gasteiger partial charge in [-0.15, -0.1) is 24.0 Å². The molecule has 0 saturated heterocycles. The Morgan fingerprint density at radius 1 is 1.20 bits per heavy atom. The van der Waals surface area contributed by atoms with Crippen LogP contribution in [0.2, 0.25) is 0 Å². The summed E-state index contributed by atoms with van der Waals surface area (Å²) in [4.78, 5) is 6.18. The molecule has 0 unspecified atom stereocenters. The molecule has 7 heteroatoms. The zero-order valence-corrected chi connectivity index (χ0v) is 17.8. The number of hydrogen-bond acceptors (Lipinski definition) is 3. The lowest BCUT2D eigenvalue weighted by atomic mass is 10.2. The molecule has 144 valence electrons. The largest absolute Gasteiger partial charge is 0.379 e. The smallest absolute Gasteiger partial charge is 0.193 e. The van der Waals surface area contributed by atoms with Crippen molar-refractivity contribution in [1.82, 2.24) is 10.2 Å². The van der Waals surface area contributed by atoms with Crippen LogP contribution in [0.4, 0.5) is 4.39 Å². The van der Waals surface area contributed by atoms with Gasteiger partial charge in [-0.2, -0.15) is 0 Å². The first-order valence-electron chi connectivity index (χ1n) is 8.49. The third-order valence-electron chi connectivity index (χ3n) is 3.43. The lowest BCUT2D eigenvalue weighted by Gasteiger charge is -2.22. The maximum atomic E-state index is 13.2. The van der Waals surface area contributed by atoms with E-state index in [1.165, 1.54) is 12.1 Å². The Kier molecular flexibility index (Phi) is 14.8. The van der Waals surface area contributed by atoms with Gasteiger partial charge in [0.05, 0.1) is 19.8 Å². The van der Waals surface area contributed by atoms with Crippen LogP contribution in [-0.2, 0) is 16.0 Å². The first kappa shape index (κ1) is 24.1. The van der Waals surface area contributed by atoms with Crippen LogP contribution in [0, 0.1) is 5.82 Å². The van der Waals surface area contributed by atoms with Crippen LogP contribution in [-0.4, -0.2) is 57.9 Å². The molecule has 0 spiro atoms. The number of rotatable bonds is 11. The van der Waals surface area contributed by atoms with Gasteiger partial charge in [0, 0.05) is 33.8 Å². The number of nitrogens with zero attached hydrogens (tertiary/aromatic N) is 2. The number of nitrogens with one attached hydrogen (secondary N) is 1. The Bertz CT molecular complexity index is 489. The van der Waals surface area contributed by atoms with Gasteiger partial charge in [0.25, 0.3) is 0 Å². The first-order chi connectivity index (χ1) is 11.7. The van der Waals surface area contributed by atoms with E-state index < -0.39 is 0 Å². The van der Waals surface area contributed by atoms with E-state index >= 15 is 0 Å². The molecule has 0 aliphatic rings. The van der Waals surface area contributed by atoms with Crippen LogP contribution in [0.3, 0.4) is 0 Å². The number of halogens is 2. The van der Waals surface area contributed by atoms with E-state index in [0.717, 1.165) is 31.0 Å². The lowest BCUT2D eigenvalue weighted by molar-refractivity contribution is 0.0486. The second-order valence-corrected chi connectivity index (χ2v) is 5.54. The molecule has 0 aliphatic carbocycles. The molecule has 0 saturated carbocycles. The van der Waals surface area contributed by atoms with E-state index in [1.807, 2.05) is 18.0 Å². The molecule has 0 atom stereocenters. The molecule has 0 aliphatic heterocycles. The van der Waals surface area contributed by atoms with Gasteiger partial charge in [-0.25, -0.2) is 4.39 Å². The number of unbranched alkanes of at least 4 members (excludes halogenated alkanes) is 1. The van der Waals surface area contributed by atoms with Crippen molar-refractivity contribution in [3.8, 4) is 0 Å². The molecule has 1 aromatic rings. The summed E-state index contributed by atoms with van der Waals surface area (Å²) in [5.41, 5.74) is 0.904. The van der Waals surface area contributed by atoms with E-state index in [9.17, 15) is 4.39 Å². The maximum Gasteiger partial charge on any atom is 0.193 e. The number of benzene rings is 1. The summed E-state index contributed by atoms with van der Waals surface area (Å²) in [6, 6.07) is 6.59. The summed E-state index contributed by atoms with van der Waals surface area (Å²) in [5.74, 6) is 0.528. The number of hydrogen-bond donors (Lipinski definition) is 1. The average molecular weight is 467 g/mol. The Hall–Kier alpha value is -0.930. The van der Waals surface area contributed by atoms with Gasteiger partial charge in [0.15, 0.2) is 5.96 Å². The minimum absolute atomic E-state index is 0. The lowest BCUT2D eigenvalue weighted by Crippen LogP contribution is -2.40. The van der Waals surface area contributed by atoms with Crippen LogP contribution in [0.25, 0.3) is 0 Å². The van der Waals surface area contributed by atoms with Crippen molar-refractivity contribution in [1.29, 1.82) is 0 Å². The Morgan fingerprint density at radius 3 is 2.56 bits per heavy atom. The molecule has 0 bridgehead atoms. The van der Waals surface area contributed by atoms with Gasteiger partial charge >= 0.3 is 0 Å². The molecule has 5 nitrogen and oxygen atoms in total. The fourth-order valence-corrected chi connectivity index (χ4v) is 2.17. The second kappa shape index (κ2) is 15.3. The molecule has 1 N–H and O–H groups in total. The fourth-order valence-electron chi connectivity index (χ4n) is 2.17. The summed E-state index contributed by atoms with van der Waals surface area (Å²) >= 11 is 0. The Morgan fingerprint density at radius 2 is 1.92 bits per heavy atom. The Balaban J connectivity index is 0.00000576. The van der Waals surface area contributed by atoms with E-state index in [1.54, 1.807) is 13.1 Å². The third-order valence-corrected chi connectivity index (χ3v) is 3.43. The number of aliphatic imine (C=N–C) groups is 1. The highest BCUT2D eigenvalue weighted by molar-refractivity contribution is 14.0. The van der Waals surface area contributed by atoms with E-state index in [0.29, 0.717) is 32.9 Å². The Labute approximate surface area is 168 Å². The van der Waals surface area contributed by atoms with Crippen molar-refractivity contribution in [2.75, 3.05) is 47.1 Å². The van der Waals surface area contributed by atoms with Gasteiger partial charge < -0.3 is 19.7 Å². The fraction of sp³-hybridized carbons (Fsp3) is 0.611. The zero-order chi connectivity index (χ0) is 17.6. The standard InChI is InChI=1S/C18H30FN3O2.HI/c1-4-5-10-23-12-13-24-11-9-21-18(20-2)22(3)15-16-7-6-8-17(19)14-16;/h6-8,14H,4-5,9-13,15H2,1-3H3,(H,20,21);1H.